The average Bonchev–Trinajstić information content (AvgIpc) is 2.75. The zero-order valence-electron chi connectivity index (χ0n) is 12.9. The van der Waals surface area contributed by atoms with Crippen LogP contribution < -0.4 is 0 Å². The van der Waals surface area contributed by atoms with E-state index in [2.05, 4.69) is 5.10 Å². The lowest BCUT2D eigenvalue weighted by Gasteiger charge is -2.11. The third kappa shape index (κ3) is 3.20. The molecular weight excluding hydrogens is 322 g/mol. The molecule has 0 fully saturated rings. The van der Waals surface area contributed by atoms with Crippen LogP contribution in [0, 0.1) is 6.92 Å². The van der Waals surface area contributed by atoms with Crippen LogP contribution in [0.2, 0.25) is 0 Å². The monoisotopic (exact) mass is 339 g/mol. The van der Waals surface area contributed by atoms with E-state index in [1.54, 1.807) is 19.1 Å². The summed E-state index contributed by atoms with van der Waals surface area (Å²) < 4.78 is 26.1. The van der Waals surface area contributed by atoms with Crippen LogP contribution in [-0.4, -0.2) is 52.8 Å². The molecule has 1 aromatic heterocycles. The van der Waals surface area contributed by atoms with Gasteiger partial charge in [-0.1, -0.05) is 12.1 Å². The summed E-state index contributed by atoms with van der Waals surface area (Å²) in [4.78, 5) is 10.9. The van der Waals surface area contributed by atoms with Crippen molar-refractivity contribution >= 4 is 16.0 Å². The molecule has 0 unspecified atom stereocenters. The smallest absolute Gasteiger partial charge is 0.325 e. The van der Waals surface area contributed by atoms with Crippen LogP contribution >= 0.6 is 0 Å². The molecule has 0 aliphatic carbocycles. The number of carboxylic acids is 1. The van der Waals surface area contributed by atoms with Crippen molar-refractivity contribution in [1.29, 1.82) is 0 Å². The van der Waals surface area contributed by atoms with Crippen molar-refractivity contribution < 1.29 is 23.4 Å². The Bertz CT molecular complexity index is 838. The van der Waals surface area contributed by atoms with E-state index in [1.165, 1.54) is 26.2 Å². The van der Waals surface area contributed by atoms with Crippen LogP contribution in [0.15, 0.2) is 29.2 Å². The summed E-state index contributed by atoms with van der Waals surface area (Å²) in [5.41, 5.74) is 1.41. The molecule has 0 spiro atoms. The molecule has 0 atom stereocenters. The number of carbonyl (C=O) groups is 1. The Balaban J connectivity index is 2.43. The van der Waals surface area contributed by atoms with E-state index in [9.17, 15) is 18.3 Å². The minimum atomic E-state index is -3.52. The molecule has 2 N–H and O–H groups in total. The molecule has 23 heavy (non-hydrogen) atoms. The van der Waals surface area contributed by atoms with Crippen LogP contribution in [-0.2, 0) is 21.4 Å². The highest BCUT2D eigenvalue weighted by atomic mass is 32.2. The average molecular weight is 339 g/mol. The van der Waals surface area contributed by atoms with E-state index < -0.39 is 22.5 Å². The fourth-order valence-electron chi connectivity index (χ4n) is 2.05. The van der Waals surface area contributed by atoms with E-state index >= 15 is 0 Å². The zero-order chi connectivity index (χ0) is 17.4. The number of rotatable bonds is 5. The molecule has 0 aliphatic rings. The summed E-state index contributed by atoms with van der Waals surface area (Å²) in [5.74, 6) is -1.35. The summed E-state index contributed by atoms with van der Waals surface area (Å²) in [6.07, 6.45) is 0. The van der Waals surface area contributed by atoms with Crippen LogP contribution in [0.4, 0.5) is 0 Å². The molecule has 0 radical (unpaired) electrons. The number of hydrogen-bond acceptors (Lipinski definition) is 5. The molecular formula is C14H17N3O5S. The fourth-order valence-corrected chi connectivity index (χ4v) is 2.95. The maximum absolute atomic E-state index is 12.0. The van der Waals surface area contributed by atoms with Crippen molar-refractivity contribution in [2.45, 2.75) is 18.4 Å². The van der Waals surface area contributed by atoms with Crippen LogP contribution in [0.25, 0.3) is 11.3 Å². The van der Waals surface area contributed by atoms with Gasteiger partial charge in [-0.15, -0.1) is 0 Å². The minimum absolute atomic E-state index is 0.137. The Hall–Kier alpha value is -2.39. The zero-order valence-corrected chi connectivity index (χ0v) is 13.7. The van der Waals surface area contributed by atoms with Gasteiger partial charge in [0.25, 0.3) is 0 Å². The van der Waals surface area contributed by atoms with Crippen molar-refractivity contribution in [2.24, 2.45) is 0 Å². The number of nitrogens with zero attached hydrogens (tertiary/aromatic N) is 3. The number of hydrogen-bond donors (Lipinski definition) is 2. The second kappa shape index (κ2) is 6.01. The van der Waals surface area contributed by atoms with Gasteiger partial charge >= 0.3 is 5.97 Å². The Morgan fingerprint density at radius 3 is 2.30 bits per heavy atom. The Morgan fingerprint density at radius 2 is 1.83 bits per heavy atom. The quantitative estimate of drug-likeness (QED) is 0.837. The highest BCUT2D eigenvalue weighted by Gasteiger charge is 2.19. The van der Waals surface area contributed by atoms with Gasteiger partial charge in [0.05, 0.1) is 10.6 Å². The van der Waals surface area contributed by atoms with E-state index in [1.807, 2.05) is 0 Å². The normalized spacial score (nSPS) is 11.8. The maximum atomic E-state index is 12.0. The molecule has 0 bridgehead atoms. The summed E-state index contributed by atoms with van der Waals surface area (Å²) in [6, 6.07) is 6.02. The fraction of sp³-hybridized carbons (Fsp3) is 0.286. The molecule has 0 aliphatic heterocycles. The van der Waals surface area contributed by atoms with E-state index in [4.69, 9.17) is 5.11 Å². The van der Waals surface area contributed by atoms with Gasteiger partial charge < -0.3 is 10.2 Å². The van der Waals surface area contributed by atoms with Crippen LogP contribution in [0.3, 0.4) is 0 Å². The van der Waals surface area contributed by atoms with Crippen LogP contribution in [0.5, 0.6) is 5.88 Å². The predicted octanol–water partition coefficient (Wildman–Crippen LogP) is 0.899. The second-order valence-corrected chi connectivity index (χ2v) is 7.31. The minimum Gasteiger partial charge on any atom is -0.493 e. The van der Waals surface area contributed by atoms with E-state index in [0.29, 0.717) is 16.8 Å². The number of carboxylic acid groups (broad SMARTS) is 1. The lowest BCUT2D eigenvalue weighted by atomic mass is 10.1. The Kier molecular flexibility index (Phi) is 4.44. The van der Waals surface area contributed by atoms with Crippen molar-refractivity contribution in [1.82, 2.24) is 14.1 Å². The van der Waals surface area contributed by atoms with Gasteiger partial charge in [0.15, 0.2) is 0 Å². The first kappa shape index (κ1) is 17.0. The van der Waals surface area contributed by atoms with Gasteiger partial charge in [0.2, 0.25) is 15.9 Å². The molecule has 2 rings (SSSR count). The largest absolute Gasteiger partial charge is 0.493 e. The first-order valence-electron chi connectivity index (χ1n) is 6.65. The van der Waals surface area contributed by atoms with E-state index in [-0.39, 0.29) is 10.8 Å². The van der Waals surface area contributed by atoms with Gasteiger partial charge in [0, 0.05) is 25.2 Å². The van der Waals surface area contributed by atoms with Gasteiger partial charge in [-0.25, -0.2) is 17.4 Å². The van der Waals surface area contributed by atoms with E-state index in [0.717, 1.165) is 8.99 Å². The molecule has 0 amide bonds. The first-order valence-corrected chi connectivity index (χ1v) is 8.09. The topological polar surface area (TPSA) is 113 Å². The van der Waals surface area contributed by atoms with Gasteiger partial charge in [-0.05, 0) is 19.1 Å². The van der Waals surface area contributed by atoms with Crippen molar-refractivity contribution in [2.75, 3.05) is 14.1 Å². The second-order valence-electron chi connectivity index (χ2n) is 5.16. The summed E-state index contributed by atoms with van der Waals surface area (Å²) >= 11 is 0. The molecule has 9 heteroatoms. The molecule has 1 heterocycles. The number of benzene rings is 1. The summed E-state index contributed by atoms with van der Waals surface area (Å²) in [5, 5.41) is 22.8. The summed E-state index contributed by atoms with van der Waals surface area (Å²) in [6.45, 7) is 1.15. The lowest BCUT2D eigenvalue weighted by molar-refractivity contribution is -0.138. The number of aromatic nitrogens is 2. The highest BCUT2D eigenvalue weighted by Crippen LogP contribution is 2.29. The first-order chi connectivity index (χ1) is 10.6. The van der Waals surface area contributed by atoms with Crippen LogP contribution in [0.1, 0.15) is 5.56 Å². The number of aliphatic carboxylic acids is 1. The number of aromatic hydroxyl groups is 1. The summed E-state index contributed by atoms with van der Waals surface area (Å²) in [7, 11) is -0.637. The van der Waals surface area contributed by atoms with Crippen molar-refractivity contribution in [3.05, 3.63) is 29.8 Å². The van der Waals surface area contributed by atoms with Gasteiger partial charge in [-0.3, -0.25) is 4.79 Å². The van der Waals surface area contributed by atoms with Gasteiger partial charge in [0.1, 0.15) is 6.54 Å². The highest BCUT2D eigenvalue weighted by molar-refractivity contribution is 7.89. The Labute approximate surface area is 133 Å². The predicted molar refractivity (Wildman–Crippen MR) is 82.6 cm³/mol. The van der Waals surface area contributed by atoms with Crippen molar-refractivity contribution in [3.8, 4) is 17.1 Å². The molecule has 8 nitrogen and oxygen atoms in total. The van der Waals surface area contributed by atoms with Gasteiger partial charge in [-0.2, -0.15) is 5.10 Å². The third-order valence-electron chi connectivity index (χ3n) is 3.35. The third-order valence-corrected chi connectivity index (χ3v) is 5.18. The SMILES string of the molecule is Cc1c(-c2ccc(S(=O)(=O)N(C)C)cc2)nn(CC(=O)O)c1O. The number of sulfonamides is 1. The lowest BCUT2D eigenvalue weighted by Crippen LogP contribution is -2.22. The maximum Gasteiger partial charge on any atom is 0.325 e. The van der Waals surface area contributed by atoms with Crippen molar-refractivity contribution in [3.63, 3.8) is 0 Å². The Morgan fingerprint density at radius 1 is 1.26 bits per heavy atom. The molecule has 0 saturated heterocycles. The standard InChI is InChI=1S/C14H17N3O5S/c1-9-13(15-17(14(9)20)8-12(18)19)10-4-6-11(7-5-10)23(21,22)16(2)3/h4-7,20H,8H2,1-3H3,(H,18,19). The molecule has 2 aromatic rings. The molecule has 1 aromatic carbocycles. The molecule has 0 saturated carbocycles. The molecule has 124 valence electrons.